The van der Waals surface area contributed by atoms with Crippen LogP contribution in [0.25, 0.3) is 0 Å². The smallest absolute Gasteiger partial charge is 0.252 e. The van der Waals surface area contributed by atoms with Gasteiger partial charge in [-0.15, -0.1) is 0 Å². The molecule has 0 saturated heterocycles. The molecule has 96 valence electrons. The molecule has 0 aliphatic heterocycles. The summed E-state index contributed by atoms with van der Waals surface area (Å²) in [5.41, 5.74) is 1.17. The maximum Gasteiger partial charge on any atom is 0.252 e. The van der Waals surface area contributed by atoms with Crippen LogP contribution in [0.4, 0.5) is 0 Å². The van der Waals surface area contributed by atoms with Crippen molar-refractivity contribution in [2.75, 3.05) is 0 Å². The summed E-state index contributed by atoms with van der Waals surface area (Å²) >= 11 is 0. The number of carbonyl (C=O) groups is 3. The first kappa shape index (κ1) is 13.7. The molecular formula is C12H11NO5-2. The molecule has 0 spiro atoms. The lowest BCUT2D eigenvalue weighted by Crippen LogP contribution is -2.57. The Bertz CT molecular complexity index is 452. The molecule has 0 aliphatic rings. The molecule has 18 heavy (non-hydrogen) atoms. The van der Waals surface area contributed by atoms with Crippen molar-refractivity contribution in [3.8, 4) is 0 Å². The summed E-state index contributed by atoms with van der Waals surface area (Å²) in [7, 11) is 0. The van der Waals surface area contributed by atoms with Crippen molar-refractivity contribution in [2.45, 2.75) is 19.4 Å². The van der Waals surface area contributed by atoms with Crippen molar-refractivity contribution in [2.24, 2.45) is 0 Å². The number of aryl methyl sites for hydroxylation is 1. The van der Waals surface area contributed by atoms with Crippen LogP contribution in [-0.4, -0.2) is 23.9 Å². The summed E-state index contributed by atoms with van der Waals surface area (Å²) in [6.07, 6.45) is 0.794. The van der Waals surface area contributed by atoms with Crippen LogP contribution in [0, 0.1) is 0 Å². The van der Waals surface area contributed by atoms with Crippen LogP contribution >= 0.6 is 0 Å². The summed E-state index contributed by atoms with van der Waals surface area (Å²) in [6.45, 7) is 1.94. The minimum atomic E-state index is -2.16. The van der Waals surface area contributed by atoms with Gasteiger partial charge < -0.3 is 25.1 Å². The number of aliphatic carboxylic acids is 2. The van der Waals surface area contributed by atoms with Gasteiger partial charge in [0.2, 0.25) is 0 Å². The van der Waals surface area contributed by atoms with Gasteiger partial charge in [0.05, 0.1) is 11.9 Å². The minimum absolute atomic E-state index is 0.166. The average molecular weight is 249 g/mol. The highest BCUT2D eigenvalue weighted by atomic mass is 16.4. The van der Waals surface area contributed by atoms with Crippen LogP contribution in [-0.2, 0) is 16.0 Å². The van der Waals surface area contributed by atoms with E-state index in [1.165, 1.54) is 12.1 Å². The molecule has 0 fully saturated rings. The minimum Gasteiger partial charge on any atom is -0.547 e. The number of hydrogen-bond acceptors (Lipinski definition) is 5. The van der Waals surface area contributed by atoms with Crippen LogP contribution in [0.3, 0.4) is 0 Å². The molecule has 0 radical (unpaired) electrons. The third-order valence-electron chi connectivity index (χ3n) is 2.37. The molecule has 1 rings (SSSR count). The Labute approximate surface area is 103 Å². The molecule has 0 atom stereocenters. The van der Waals surface area contributed by atoms with Gasteiger partial charge in [-0.2, -0.15) is 0 Å². The van der Waals surface area contributed by atoms with E-state index in [0.717, 1.165) is 12.0 Å². The molecule has 1 aromatic rings. The average Bonchev–Trinajstić information content (AvgIpc) is 2.35. The molecule has 0 aliphatic carbocycles. The molecule has 0 aromatic heterocycles. The standard InChI is InChI=1S/C12H13NO5/c1-2-7-3-5-8(6-4-7)10(14)13-9(11(15)16)12(17)18/h3-6,9H,2H2,1H3,(H,13,14)(H,15,16)(H,17,18)/p-2. The van der Waals surface area contributed by atoms with Crippen LogP contribution in [0.2, 0.25) is 0 Å². The third kappa shape index (κ3) is 3.31. The number of benzene rings is 1. The van der Waals surface area contributed by atoms with E-state index < -0.39 is 23.9 Å². The number of carboxylic acids is 2. The lowest BCUT2D eigenvalue weighted by Gasteiger charge is -2.20. The Balaban J connectivity index is 2.80. The largest absolute Gasteiger partial charge is 0.547 e. The zero-order chi connectivity index (χ0) is 13.7. The van der Waals surface area contributed by atoms with E-state index in [-0.39, 0.29) is 5.56 Å². The number of nitrogens with one attached hydrogen (secondary N) is 1. The Morgan fingerprint density at radius 2 is 1.61 bits per heavy atom. The topological polar surface area (TPSA) is 109 Å². The van der Waals surface area contributed by atoms with Crippen molar-refractivity contribution in [3.05, 3.63) is 35.4 Å². The predicted octanol–water partition coefficient (Wildman–Crippen LogP) is -2.15. The second kappa shape index (κ2) is 5.81. The van der Waals surface area contributed by atoms with Gasteiger partial charge in [0, 0.05) is 5.56 Å². The highest BCUT2D eigenvalue weighted by molar-refractivity contribution is 6.03. The van der Waals surface area contributed by atoms with Crippen LogP contribution in [0.5, 0.6) is 0 Å². The second-order valence-corrected chi connectivity index (χ2v) is 3.60. The summed E-state index contributed by atoms with van der Waals surface area (Å²) in [5.74, 6) is -4.65. The van der Waals surface area contributed by atoms with Crippen molar-refractivity contribution < 1.29 is 24.6 Å². The molecule has 1 N–H and O–H groups in total. The highest BCUT2D eigenvalue weighted by Crippen LogP contribution is 2.05. The monoisotopic (exact) mass is 249 g/mol. The lowest BCUT2D eigenvalue weighted by atomic mass is 10.1. The fourth-order valence-corrected chi connectivity index (χ4v) is 1.32. The molecule has 0 bridgehead atoms. The maximum atomic E-state index is 11.6. The van der Waals surface area contributed by atoms with Crippen LogP contribution < -0.4 is 15.5 Å². The van der Waals surface area contributed by atoms with Gasteiger partial charge in [-0.3, -0.25) is 4.79 Å². The number of amides is 1. The van der Waals surface area contributed by atoms with E-state index in [4.69, 9.17) is 0 Å². The van der Waals surface area contributed by atoms with Gasteiger partial charge in [-0.05, 0) is 24.1 Å². The Morgan fingerprint density at radius 3 is 2.00 bits per heavy atom. The zero-order valence-electron chi connectivity index (χ0n) is 9.64. The fraction of sp³-hybridized carbons (Fsp3) is 0.250. The molecular weight excluding hydrogens is 238 g/mol. The molecule has 6 heteroatoms. The molecule has 0 heterocycles. The van der Waals surface area contributed by atoms with Crippen molar-refractivity contribution in [3.63, 3.8) is 0 Å². The van der Waals surface area contributed by atoms with Gasteiger partial charge in [-0.25, -0.2) is 0 Å². The summed E-state index contributed by atoms with van der Waals surface area (Å²) in [4.78, 5) is 32.5. The van der Waals surface area contributed by atoms with Crippen molar-refractivity contribution >= 4 is 17.8 Å². The van der Waals surface area contributed by atoms with Gasteiger partial charge in [0.15, 0.2) is 0 Å². The van der Waals surface area contributed by atoms with Gasteiger partial charge in [0.25, 0.3) is 5.91 Å². The Hall–Kier alpha value is -2.37. The predicted molar refractivity (Wildman–Crippen MR) is 57.1 cm³/mol. The summed E-state index contributed by atoms with van der Waals surface area (Å²) in [6, 6.07) is 4.19. The number of hydrogen-bond donors (Lipinski definition) is 1. The first-order chi connectivity index (χ1) is 8.45. The molecule has 6 nitrogen and oxygen atoms in total. The molecule has 0 unspecified atom stereocenters. The van der Waals surface area contributed by atoms with Gasteiger partial charge in [0.1, 0.15) is 6.04 Å². The van der Waals surface area contributed by atoms with Gasteiger partial charge >= 0.3 is 0 Å². The van der Waals surface area contributed by atoms with Crippen LogP contribution in [0.15, 0.2) is 24.3 Å². The Kier molecular flexibility index (Phi) is 4.42. The summed E-state index contributed by atoms with van der Waals surface area (Å²) < 4.78 is 0. The normalized spacial score (nSPS) is 10.1. The molecule has 1 amide bonds. The van der Waals surface area contributed by atoms with Crippen molar-refractivity contribution in [1.29, 1.82) is 0 Å². The third-order valence-corrected chi connectivity index (χ3v) is 2.37. The number of rotatable bonds is 5. The van der Waals surface area contributed by atoms with Gasteiger partial charge in [-0.1, -0.05) is 19.1 Å². The highest BCUT2D eigenvalue weighted by Gasteiger charge is 2.15. The Morgan fingerprint density at radius 1 is 1.11 bits per heavy atom. The van der Waals surface area contributed by atoms with Crippen LogP contribution in [0.1, 0.15) is 22.8 Å². The first-order valence-corrected chi connectivity index (χ1v) is 5.27. The zero-order valence-corrected chi connectivity index (χ0v) is 9.64. The van der Waals surface area contributed by atoms with E-state index in [2.05, 4.69) is 0 Å². The SMILES string of the molecule is CCc1ccc(C(=O)NC(C(=O)[O-])C(=O)[O-])cc1. The van der Waals surface area contributed by atoms with E-state index in [9.17, 15) is 24.6 Å². The quantitative estimate of drug-likeness (QED) is 0.598. The number of carboxylic acid groups (broad SMARTS) is 2. The van der Waals surface area contributed by atoms with Crippen molar-refractivity contribution in [1.82, 2.24) is 5.32 Å². The fourth-order valence-electron chi connectivity index (χ4n) is 1.32. The lowest BCUT2D eigenvalue weighted by molar-refractivity contribution is -0.326. The number of carbonyl (C=O) groups excluding carboxylic acids is 3. The first-order valence-electron chi connectivity index (χ1n) is 5.27. The summed E-state index contributed by atoms with van der Waals surface area (Å²) in [5, 5.41) is 22.7. The second-order valence-electron chi connectivity index (χ2n) is 3.60. The molecule has 1 aromatic carbocycles. The van der Waals surface area contributed by atoms with E-state index in [1.54, 1.807) is 17.4 Å². The van der Waals surface area contributed by atoms with E-state index in [0.29, 0.717) is 0 Å². The molecule has 0 saturated carbocycles. The maximum absolute atomic E-state index is 11.6. The van der Waals surface area contributed by atoms with E-state index >= 15 is 0 Å². The van der Waals surface area contributed by atoms with E-state index in [1.807, 2.05) is 6.92 Å².